The summed E-state index contributed by atoms with van der Waals surface area (Å²) < 4.78 is 15.0. The molecule has 0 aliphatic heterocycles. The summed E-state index contributed by atoms with van der Waals surface area (Å²) in [4.78, 5) is 29.9. The minimum absolute atomic E-state index is 0.0704. The summed E-state index contributed by atoms with van der Waals surface area (Å²) in [5.74, 6) is -0.330. The van der Waals surface area contributed by atoms with E-state index in [2.05, 4.69) is 15.0 Å². The fourth-order valence-electron chi connectivity index (χ4n) is 2.54. The van der Waals surface area contributed by atoms with Crippen molar-refractivity contribution in [2.45, 2.75) is 26.3 Å². The van der Waals surface area contributed by atoms with Crippen molar-refractivity contribution in [2.24, 2.45) is 0 Å². The van der Waals surface area contributed by atoms with Crippen molar-refractivity contribution >= 4 is 17.7 Å². The molecule has 2 amide bonds. The molecule has 1 heterocycles. The first-order valence-corrected chi connectivity index (χ1v) is 8.74. The number of hydrogen-bond donors (Lipinski definition) is 1. The second-order valence-electron chi connectivity index (χ2n) is 5.83. The van der Waals surface area contributed by atoms with Gasteiger partial charge in [0.25, 0.3) is 0 Å². The number of urea groups is 1. The predicted octanol–water partition coefficient (Wildman–Crippen LogP) is 3.09. The maximum Gasteiger partial charge on any atom is 0.360 e. The number of oxazole rings is 1. The minimum atomic E-state index is -0.586. The van der Waals surface area contributed by atoms with Crippen LogP contribution in [0.1, 0.15) is 35.3 Å². The zero-order valence-corrected chi connectivity index (χ0v) is 15.9. The standard InChI is InChI=1S/C19H25N3O5/c1-4-14-8-5-6-9-15(14)21-19(24)22(10-7-11-25-2)12-17-20-16(13-27-17)18(23)26-3/h5-6,8-9,13H,4,7,10-12H2,1-3H3,(H,21,24). The summed E-state index contributed by atoms with van der Waals surface area (Å²) >= 11 is 0. The van der Waals surface area contributed by atoms with Gasteiger partial charge in [-0.15, -0.1) is 0 Å². The average Bonchev–Trinajstić information content (AvgIpc) is 3.15. The van der Waals surface area contributed by atoms with Crippen LogP contribution in [-0.2, 0) is 22.4 Å². The Hall–Kier alpha value is -2.87. The lowest BCUT2D eigenvalue weighted by molar-refractivity contribution is 0.0594. The van der Waals surface area contributed by atoms with E-state index in [-0.39, 0.29) is 24.2 Å². The Kier molecular flexibility index (Phi) is 7.81. The lowest BCUT2D eigenvalue weighted by Crippen LogP contribution is -2.36. The third-order valence-corrected chi connectivity index (χ3v) is 3.98. The van der Waals surface area contributed by atoms with Crippen LogP contribution in [0.15, 0.2) is 34.9 Å². The summed E-state index contributed by atoms with van der Waals surface area (Å²) in [6.07, 6.45) is 2.69. The first kappa shape index (κ1) is 20.4. The first-order valence-electron chi connectivity index (χ1n) is 8.74. The van der Waals surface area contributed by atoms with Crippen molar-refractivity contribution in [3.63, 3.8) is 0 Å². The summed E-state index contributed by atoms with van der Waals surface area (Å²) in [6.45, 7) is 3.13. The van der Waals surface area contributed by atoms with Crippen LogP contribution in [0.25, 0.3) is 0 Å². The number of nitrogens with zero attached hydrogens (tertiary/aromatic N) is 2. The molecule has 0 aliphatic carbocycles. The Balaban J connectivity index is 2.11. The van der Waals surface area contributed by atoms with E-state index in [1.165, 1.54) is 13.4 Å². The van der Waals surface area contributed by atoms with E-state index < -0.39 is 5.97 Å². The molecule has 0 unspecified atom stereocenters. The summed E-state index contributed by atoms with van der Waals surface area (Å²) in [7, 11) is 2.88. The summed E-state index contributed by atoms with van der Waals surface area (Å²) in [5, 5.41) is 2.93. The summed E-state index contributed by atoms with van der Waals surface area (Å²) in [6, 6.07) is 7.38. The van der Waals surface area contributed by atoms with Gasteiger partial charge < -0.3 is 24.1 Å². The molecule has 8 heteroatoms. The van der Waals surface area contributed by atoms with Gasteiger partial charge in [0.2, 0.25) is 5.89 Å². The van der Waals surface area contributed by atoms with E-state index in [9.17, 15) is 9.59 Å². The Morgan fingerprint density at radius 2 is 2.04 bits per heavy atom. The number of nitrogens with one attached hydrogen (secondary N) is 1. The molecule has 1 aromatic carbocycles. The number of carbonyl (C=O) groups is 2. The molecule has 0 saturated carbocycles. The maximum atomic E-state index is 12.8. The molecule has 0 spiro atoms. The largest absolute Gasteiger partial charge is 0.464 e. The number of anilines is 1. The Labute approximate surface area is 158 Å². The van der Waals surface area contributed by atoms with Crippen LogP contribution >= 0.6 is 0 Å². The molecule has 8 nitrogen and oxygen atoms in total. The zero-order valence-electron chi connectivity index (χ0n) is 15.9. The lowest BCUT2D eigenvalue weighted by atomic mass is 10.1. The molecule has 0 atom stereocenters. The van der Waals surface area contributed by atoms with Crippen LogP contribution in [0, 0.1) is 0 Å². The number of amides is 2. The molecule has 0 saturated heterocycles. The third kappa shape index (κ3) is 5.82. The number of esters is 1. The van der Waals surface area contributed by atoms with E-state index in [1.54, 1.807) is 12.0 Å². The first-order chi connectivity index (χ1) is 13.1. The topological polar surface area (TPSA) is 93.9 Å². The Morgan fingerprint density at radius 1 is 1.26 bits per heavy atom. The second-order valence-corrected chi connectivity index (χ2v) is 5.83. The van der Waals surface area contributed by atoms with Crippen molar-refractivity contribution in [1.29, 1.82) is 0 Å². The summed E-state index contributed by atoms with van der Waals surface area (Å²) in [5.41, 5.74) is 1.89. The van der Waals surface area contributed by atoms with Gasteiger partial charge in [-0.25, -0.2) is 14.6 Å². The number of rotatable bonds is 9. The highest BCUT2D eigenvalue weighted by Crippen LogP contribution is 2.17. The lowest BCUT2D eigenvalue weighted by Gasteiger charge is -2.22. The van der Waals surface area contributed by atoms with Crippen LogP contribution in [0.4, 0.5) is 10.5 Å². The molecule has 2 rings (SSSR count). The quantitative estimate of drug-likeness (QED) is 0.535. The molecule has 1 aromatic heterocycles. The number of benzene rings is 1. The van der Waals surface area contributed by atoms with Gasteiger partial charge >= 0.3 is 12.0 Å². The highest BCUT2D eigenvalue weighted by atomic mass is 16.5. The van der Waals surface area contributed by atoms with Crippen LogP contribution < -0.4 is 5.32 Å². The average molecular weight is 375 g/mol. The molecule has 0 bridgehead atoms. The van der Waals surface area contributed by atoms with Gasteiger partial charge in [0.15, 0.2) is 5.69 Å². The van der Waals surface area contributed by atoms with Crippen LogP contribution in [0.3, 0.4) is 0 Å². The van der Waals surface area contributed by atoms with Crippen LogP contribution in [0.5, 0.6) is 0 Å². The van der Waals surface area contributed by atoms with Gasteiger partial charge in [-0.3, -0.25) is 0 Å². The van der Waals surface area contributed by atoms with Gasteiger partial charge in [-0.05, 0) is 24.5 Å². The SMILES string of the molecule is CCc1ccccc1NC(=O)N(CCCOC)Cc1nc(C(=O)OC)co1. The van der Waals surface area contributed by atoms with Gasteiger partial charge in [0.1, 0.15) is 6.26 Å². The highest BCUT2D eigenvalue weighted by Gasteiger charge is 2.19. The van der Waals surface area contributed by atoms with Gasteiger partial charge in [0.05, 0.1) is 13.7 Å². The van der Waals surface area contributed by atoms with Gasteiger partial charge in [-0.1, -0.05) is 25.1 Å². The molecular weight excluding hydrogens is 350 g/mol. The maximum absolute atomic E-state index is 12.8. The Bertz CT molecular complexity index is 759. The molecular formula is C19H25N3O5. The molecule has 27 heavy (non-hydrogen) atoms. The van der Waals surface area contributed by atoms with E-state index >= 15 is 0 Å². The number of carbonyl (C=O) groups excluding carboxylic acids is 2. The predicted molar refractivity (Wildman–Crippen MR) is 99.6 cm³/mol. The molecule has 0 radical (unpaired) electrons. The van der Waals surface area contributed by atoms with E-state index in [0.717, 1.165) is 17.7 Å². The number of ether oxygens (including phenoxy) is 2. The number of aromatic nitrogens is 1. The van der Waals surface area contributed by atoms with Crippen molar-refractivity contribution in [3.05, 3.63) is 47.7 Å². The molecule has 0 fully saturated rings. The fraction of sp³-hybridized carbons (Fsp3) is 0.421. The smallest absolute Gasteiger partial charge is 0.360 e. The number of para-hydroxylation sites is 1. The molecule has 0 aliphatic rings. The molecule has 1 N–H and O–H groups in total. The zero-order chi connectivity index (χ0) is 19.6. The van der Waals surface area contributed by atoms with Crippen LogP contribution in [-0.4, -0.2) is 49.3 Å². The van der Waals surface area contributed by atoms with Crippen LogP contribution in [0.2, 0.25) is 0 Å². The van der Waals surface area contributed by atoms with Gasteiger partial charge in [-0.2, -0.15) is 0 Å². The highest BCUT2D eigenvalue weighted by molar-refractivity contribution is 5.90. The van der Waals surface area contributed by atoms with E-state index in [0.29, 0.717) is 19.6 Å². The number of hydrogen-bond acceptors (Lipinski definition) is 6. The third-order valence-electron chi connectivity index (χ3n) is 3.98. The fourth-order valence-corrected chi connectivity index (χ4v) is 2.54. The second kappa shape index (κ2) is 10.3. The monoisotopic (exact) mass is 375 g/mol. The normalized spacial score (nSPS) is 10.5. The van der Waals surface area contributed by atoms with Crippen molar-refractivity contribution < 1.29 is 23.5 Å². The number of methoxy groups -OCH3 is 2. The van der Waals surface area contributed by atoms with E-state index in [4.69, 9.17) is 9.15 Å². The van der Waals surface area contributed by atoms with Crippen molar-refractivity contribution in [2.75, 3.05) is 32.7 Å². The van der Waals surface area contributed by atoms with E-state index in [1.807, 2.05) is 31.2 Å². The minimum Gasteiger partial charge on any atom is -0.464 e. The Morgan fingerprint density at radius 3 is 2.74 bits per heavy atom. The van der Waals surface area contributed by atoms with Crippen molar-refractivity contribution in [1.82, 2.24) is 9.88 Å². The van der Waals surface area contributed by atoms with Crippen molar-refractivity contribution in [3.8, 4) is 0 Å². The molecule has 146 valence electrons. The molecule has 2 aromatic rings. The van der Waals surface area contributed by atoms with Gasteiger partial charge in [0, 0.05) is 25.9 Å². The number of aryl methyl sites for hydroxylation is 1.